The van der Waals surface area contributed by atoms with Gasteiger partial charge >= 0.3 is 11.9 Å². The van der Waals surface area contributed by atoms with Gasteiger partial charge in [-0.1, -0.05) is 24.8 Å². The van der Waals surface area contributed by atoms with E-state index in [0.717, 1.165) is 25.3 Å². The average molecular weight is 344 g/mol. The number of hydrogen-bond acceptors (Lipinski definition) is 5. The topological polar surface area (TPSA) is 72.8 Å². The van der Waals surface area contributed by atoms with Crippen molar-refractivity contribution in [3.05, 3.63) is 48.6 Å². The first-order valence-corrected chi connectivity index (χ1v) is 8.80. The van der Waals surface area contributed by atoms with E-state index < -0.39 is 5.97 Å². The molecule has 5 heteroatoms. The van der Waals surface area contributed by atoms with Gasteiger partial charge in [-0.05, 0) is 49.7 Å². The van der Waals surface area contributed by atoms with Gasteiger partial charge in [0.15, 0.2) is 0 Å². The predicted octanol–water partition coefficient (Wildman–Crippen LogP) is 2.74. The van der Waals surface area contributed by atoms with E-state index in [2.05, 4.69) is 6.58 Å². The van der Waals surface area contributed by atoms with Gasteiger partial charge in [0, 0.05) is 12.0 Å². The Labute approximate surface area is 147 Å². The minimum atomic E-state index is -0.469. The summed E-state index contributed by atoms with van der Waals surface area (Å²) in [5.41, 5.74) is 0.503. The summed E-state index contributed by atoms with van der Waals surface area (Å²) < 4.78 is 11.1. The molecule has 2 saturated carbocycles. The third kappa shape index (κ3) is 4.28. The fraction of sp³-hybridized carbons (Fsp3) is 0.500. The summed E-state index contributed by atoms with van der Waals surface area (Å²) in [6.45, 7) is 3.61. The Bertz CT molecular complexity index is 624. The summed E-state index contributed by atoms with van der Waals surface area (Å²) in [6.07, 6.45) is 3.55. The fourth-order valence-electron chi connectivity index (χ4n) is 4.23. The van der Waals surface area contributed by atoms with Crippen molar-refractivity contribution in [2.45, 2.75) is 37.9 Å². The molecular formula is C20H24O5. The lowest BCUT2D eigenvalue weighted by molar-refractivity contribution is -0.144. The van der Waals surface area contributed by atoms with Crippen LogP contribution in [0.5, 0.6) is 0 Å². The maximum Gasteiger partial charge on any atom is 0.338 e. The van der Waals surface area contributed by atoms with Gasteiger partial charge in [0.25, 0.3) is 0 Å². The maximum atomic E-state index is 12.5. The van der Waals surface area contributed by atoms with Gasteiger partial charge in [0.2, 0.25) is 0 Å². The molecule has 1 aromatic carbocycles. The van der Waals surface area contributed by atoms with Crippen LogP contribution in [0.3, 0.4) is 0 Å². The summed E-state index contributed by atoms with van der Waals surface area (Å²) >= 11 is 0. The molecule has 25 heavy (non-hydrogen) atoms. The second-order valence-electron chi connectivity index (χ2n) is 7.05. The second kappa shape index (κ2) is 7.83. The fourth-order valence-corrected chi connectivity index (χ4v) is 4.23. The smallest absolute Gasteiger partial charge is 0.338 e. The SMILES string of the molecule is C=CC(=O)OCC1CC2CC(O)CC(C2)C1OC(=O)c1ccccc1. The molecule has 5 nitrogen and oxygen atoms in total. The second-order valence-corrected chi connectivity index (χ2v) is 7.05. The van der Waals surface area contributed by atoms with Crippen LogP contribution in [-0.4, -0.2) is 35.9 Å². The van der Waals surface area contributed by atoms with Crippen LogP contribution in [-0.2, 0) is 14.3 Å². The molecule has 0 saturated heterocycles. The first-order chi connectivity index (χ1) is 12.1. The molecule has 0 aliphatic heterocycles. The van der Waals surface area contributed by atoms with Gasteiger partial charge in [-0.25, -0.2) is 9.59 Å². The molecule has 0 amide bonds. The first-order valence-electron chi connectivity index (χ1n) is 8.80. The zero-order valence-corrected chi connectivity index (χ0v) is 14.2. The molecule has 2 fully saturated rings. The maximum absolute atomic E-state index is 12.5. The summed E-state index contributed by atoms with van der Waals surface area (Å²) in [5.74, 6) is -0.406. The number of aliphatic hydroxyl groups is 1. The van der Waals surface area contributed by atoms with E-state index >= 15 is 0 Å². The van der Waals surface area contributed by atoms with Crippen LogP contribution >= 0.6 is 0 Å². The summed E-state index contributed by atoms with van der Waals surface area (Å²) in [5, 5.41) is 10.1. The van der Waals surface area contributed by atoms with Gasteiger partial charge in [0.1, 0.15) is 6.10 Å². The quantitative estimate of drug-likeness (QED) is 0.657. The molecule has 5 unspecified atom stereocenters. The lowest BCUT2D eigenvalue weighted by atomic mass is 9.65. The highest BCUT2D eigenvalue weighted by Crippen LogP contribution is 2.44. The molecule has 2 bridgehead atoms. The van der Waals surface area contributed by atoms with Crippen molar-refractivity contribution >= 4 is 11.9 Å². The number of hydrogen-bond donors (Lipinski definition) is 1. The predicted molar refractivity (Wildman–Crippen MR) is 91.7 cm³/mol. The number of fused-ring (bicyclic) bond motifs is 2. The van der Waals surface area contributed by atoms with Crippen molar-refractivity contribution < 1.29 is 24.2 Å². The lowest BCUT2D eigenvalue weighted by Gasteiger charge is -2.45. The van der Waals surface area contributed by atoms with E-state index in [1.165, 1.54) is 0 Å². The largest absolute Gasteiger partial charge is 0.462 e. The molecule has 0 aromatic heterocycles. The number of aliphatic hydroxyl groups excluding tert-OH is 1. The molecule has 2 aliphatic rings. The van der Waals surface area contributed by atoms with E-state index in [-0.39, 0.29) is 36.6 Å². The summed E-state index contributed by atoms with van der Waals surface area (Å²) in [7, 11) is 0. The molecule has 2 aliphatic carbocycles. The number of ether oxygens (including phenoxy) is 2. The molecule has 0 radical (unpaired) electrons. The van der Waals surface area contributed by atoms with Crippen LogP contribution < -0.4 is 0 Å². The van der Waals surface area contributed by atoms with E-state index in [1.807, 2.05) is 6.07 Å². The van der Waals surface area contributed by atoms with E-state index in [9.17, 15) is 14.7 Å². The van der Waals surface area contributed by atoms with Crippen molar-refractivity contribution in [2.75, 3.05) is 6.61 Å². The van der Waals surface area contributed by atoms with Crippen molar-refractivity contribution in [3.8, 4) is 0 Å². The minimum Gasteiger partial charge on any atom is -0.462 e. The highest BCUT2D eigenvalue weighted by Gasteiger charge is 2.44. The van der Waals surface area contributed by atoms with Crippen molar-refractivity contribution in [3.63, 3.8) is 0 Å². The third-order valence-corrected chi connectivity index (χ3v) is 5.24. The molecule has 0 spiro atoms. The molecule has 1 N–H and O–H groups in total. The number of carbonyl (C=O) groups excluding carboxylic acids is 2. The number of carbonyl (C=O) groups is 2. The van der Waals surface area contributed by atoms with Gasteiger partial charge in [-0.2, -0.15) is 0 Å². The zero-order chi connectivity index (χ0) is 17.8. The molecule has 5 atom stereocenters. The van der Waals surface area contributed by atoms with Gasteiger partial charge in [-0.15, -0.1) is 0 Å². The average Bonchev–Trinajstić information content (AvgIpc) is 2.62. The Kier molecular flexibility index (Phi) is 5.53. The number of benzene rings is 1. The summed E-state index contributed by atoms with van der Waals surface area (Å²) in [4.78, 5) is 23.9. The number of esters is 2. The van der Waals surface area contributed by atoms with Crippen LogP contribution in [0.25, 0.3) is 0 Å². The minimum absolute atomic E-state index is 0.0483. The lowest BCUT2D eigenvalue weighted by Crippen LogP contribution is -2.47. The molecular weight excluding hydrogens is 320 g/mol. The van der Waals surface area contributed by atoms with Crippen molar-refractivity contribution in [2.24, 2.45) is 17.8 Å². The Morgan fingerprint density at radius 3 is 2.64 bits per heavy atom. The third-order valence-electron chi connectivity index (χ3n) is 5.24. The van der Waals surface area contributed by atoms with Crippen LogP contribution in [0.15, 0.2) is 43.0 Å². The molecule has 1 aromatic rings. The monoisotopic (exact) mass is 344 g/mol. The van der Waals surface area contributed by atoms with Gasteiger partial charge in [-0.3, -0.25) is 0 Å². The Morgan fingerprint density at radius 2 is 1.92 bits per heavy atom. The highest BCUT2D eigenvalue weighted by molar-refractivity contribution is 5.89. The molecule has 3 rings (SSSR count). The summed E-state index contributed by atoms with van der Waals surface area (Å²) in [6, 6.07) is 8.87. The highest BCUT2D eigenvalue weighted by atomic mass is 16.6. The van der Waals surface area contributed by atoms with E-state index in [4.69, 9.17) is 9.47 Å². The van der Waals surface area contributed by atoms with Gasteiger partial charge in [0.05, 0.1) is 18.3 Å². The van der Waals surface area contributed by atoms with E-state index in [0.29, 0.717) is 17.9 Å². The van der Waals surface area contributed by atoms with Crippen molar-refractivity contribution in [1.82, 2.24) is 0 Å². The van der Waals surface area contributed by atoms with Crippen molar-refractivity contribution in [1.29, 1.82) is 0 Å². The normalized spacial score (nSPS) is 31.0. The van der Waals surface area contributed by atoms with E-state index in [1.54, 1.807) is 24.3 Å². The zero-order valence-electron chi connectivity index (χ0n) is 14.2. The Hall–Kier alpha value is -2.14. The Morgan fingerprint density at radius 1 is 1.16 bits per heavy atom. The Balaban J connectivity index is 1.73. The van der Waals surface area contributed by atoms with Crippen LogP contribution in [0.4, 0.5) is 0 Å². The van der Waals surface area contributed by atoms with Crippen LogP contribution in [0.1, 0.15) is 36.0 Å². The van der Waals surface area contributed by atoms with Crippen LogP contribution in [0, 0.1) is 17.8 Å². The standard InChI is InChI=1S/C20H24O5/c1-2-18(22)24-12-16-9-13-8-15(11-17(21)10-13)19(16)25-20(23)14-6-4-3-5-7-14/h2-7,13,15-17,19,21H,1,8-12H2. The molecule has 0 heterocycles. The van der Waals surface area contributed by atoms with Gasteiger partial charge < -0.3 is 14.6 Å². The number of rotatable bonds is 5. The molecule has 134 valence electrons. The first kappa shape index (κ1) is 17.7. The van der Waals surface area contributed by atoms with Crippen LogP contribution in [0.2, 0.25) is 0 Å².